The predicted molar refractivity (Wildman–Crippen MR) is 138 cm³/mol. The first-order valence-electron chi connectivity index (χ1n) is 11.6. The molecule has 36 heavy (non-hydrogen) atoms. The smallest absolute Gasteiger partial charge is 0.243 e. The van der Waals surface area contributed by atoms with Gasteiger partial charge in [0.15, 0.2) is 0 Å². The Hall–Kier alpha value is -3.31. The van der Waals surface area contributed by atoms with Crippen LogP contribution in [0.2, 0.25) is 0 Å². The van der Waals surface area contributed by atoms with Crippen LogP contribution in [-0.4, -0.2) is 56.1 Å². The normalized spacial score (nSPS) is 13.7. The molecule has 192 valence electrons. The average Bonchev–Trinajstić information content (AvgIpc) is 2.86. The number of amides is 2. The SMILES string of the molecule is CC(C)(NS(=O)(=O)c1ccccc1)C(=O)NC(Cc1ccc2ccccc2c1)C(=O)NCC(O)CN. The zero-order chi connectivity index (χ0) is 26.3. The molecule has 3 rings (SSSR count). The van der Waals surface area contributed by atoms with Gasteiger partial charge in [-0.2, -0.15) is 4.72 Å². The highest BCUT2D eigenvalue weighted by atomic mass is 32.2. The number of carbonyl (C=O) groups is 2. The van der Waals surface area contributed by atoms with E-state index in [2.05, 4.69) is 15.4 Å². The number of aliphatic hydroxyl groups is 1. The van der Waals surface area contributed by atoms with Gasteiger partial charge in [0.1, 0.15) is 11.6 Å². The fourth-order valence-corrected chi connectivity index (χ4v) is 5.01. The second-order valence-electron chi connectivity index (χ2n) is 9.09. The number of carbonyl (C=O) groups excluding carboxylic acids is 2. The van der Waals surface area contributed by atoms with Gasteiger partial charge < -0.3 is 21.5 Å². The molecule has 0 spiro atoms. The van der Waals surface area contributed by atoms with E-state index in [1.807, 2.05) is 42.5 Å². The fourth-order valence-electron chi connectivity index (χ4n) is 3.62. The summed E-state index contributed by atoms with van der Waals surface area (Å²) in [5.74, 6) is -1.20. The minimum absolute atomic E-state index is 0.0205. The predicted octanol–water partition coefficient (Wildman–Crippen LogP) is 1.06. The number of hydrogen-bond acceptors (Lipinski definition) is 6. The van der Waals surface area contributed by atoms with Crippen molar-refractivity contribution in [2.45, 2.75) is 42.8 Å². The van der Waals surface area contributed by atoms with Gasteiger partial charge in [0.05, 0.1) is 11.0 Å². The Morgan fingerprint density at radius 1 is 0.972 bits per heavy atom. The van der Waals surface area contributed by atoms with Gasteiger partial charge in [-0.25, -0.2) is 8.42 Å². The van der Waals surface area contributed by atoms with E-state index in [-0.39, 0.29) is 24.4 Å². The lowest BCUT2D eigenvalue weighted by Gasteiger charge is -2.28. The summed E-state index contributed by atoms with van der Waals surface area (Å²) in [6, 6.07) is 20.2. The first-order chi connectivity index (χ1) is 17.0. The third-order valence-electron chi connectivity index (χ3n) is 5.67. The van der Waals surface area contributed by atoms with Gasteiger partial charge in [0, 0.05) is 19.5 Å². The highest BCUT2D eigenvalue weighted by molar-refractivity contribution is 7.89. The van der Waals surface area contributed by atoms with Crippen LogP contribution in [0.15, 0.2) is 77.7 Å². The van der Waals surface area contributed by atoms with Crippen LogP contribution in [0, 0.1) is 0 Å². The summed E-state index contributed by atoms with van der Waals surface area (Å²) in [6.07, 6.45) is -0.775. The minimum atomic E-state index is -3.99. The van der Waals surface area contributed by atoms with E-state index < -0.39 is 39.5 Å². The Kier molecular flexibility index (Phi) is 8.80. The topological polar surface area (TPSA) is 151 Å². The highest BCUT2D eigenvalue weighted by Crippen LogP contribution is 2.18. The molecule has 0 bridgehead atoms. The third kappa shape index (κ3) is 7.11. The van der Waals surface area contributed by atoms with Crippen LogP contribution in [0.25, 0.3) is 10.8 Å². The maximum atomic E-state index is 13.2. The number of aliphatic hydroxyl groups excluding tert-OH is 1. The Balaban J connectivity index is 1.80. The third-order valence-corrected chi connectivity index (χ3v) is 7.34. The lowest BCUT2D eigenvalue weighted by Crippen LogP contribution is -2.59. The molecule has 2 amide bonds. The van der Waals surface area contributed by atoms with E-state index in [1.165, 1.54) is 26.0 Å². The first kappa shape index (κ1) is 27.3. The molecule has 0 radical (unpaired) electrons. The molecule has 2 atom stereocenters. The van der Waals surface area contributed by atoms with Crippen LogP contribution in [0.1, 0.15) is 19.4 Å². The van der Waals surface area contributed by atoms with Crippen molar-refractivity contribution in [1.29, 1.82) is 0 Å². The lowest BCUT2D eigenvalue weighted by atomic mass is 9.99. The molecule has 10 heteroatoms. The van der Waals surface area contributed by atoms with Crippen molar-refractivity contribution in [3.63, 3.8) is 0 Å². The number of nitrogens with one attached hydrogen (secondary N) is 3. The van der Waals surface area contributed by atoms with E-state index in [0.717, 1.165) is 16.3 Å². The van der Waals surface area contributed by atoms with E-state index in [0.29, 0.717) is 0 Å². The van der Waals surface area contributed by atoms with Crippen molar-refractivity contribution in [2.24, 2.45) is 5.73 Å². The summed E-state index contributed by atoms with van der Waals surface area (Å²) in [5.41, 5.74) is 4.66. The lowest BCUT2D eigenvalue weighted by molar-refractivity contribution is -0.131. The Labute approximate surface area is 211 Å². The van der Waals surface area contributed by atoms with Crippen molar-refractivity contribution < 1.29 is 23.1 Å². The van der Waals surface area contributed by atoms with Crippen molar-refractivity contribution in [3.05, 3.63) is 78.4 Å². The van der Waals surface area contributed by atoms with Gasteiger partial charge in [0.25, 0.3) is 0 Å². The van der Waals surface area contributed by atoms with Crippen LogP contribution in [0.5, 0.6) is 0 Å². The molecule has 0 aliphatic rings. The molecule has 0 saturated heterocycles. The van der Waals surface area contributed by atoms with Crippen LogP contribution in [0.4, 0.5) is 0 Å². The first-order valence-corrected chi connectivity index (χ1v) is 13.0. The minimum Gasteiger partial charge on any atom is -0.390 e. The average molecular weight is 513 g/mol. The van der Waals surface area contributed by atoms with Crippen LogP contribution in [-0.2, 0) is 26.0 Å². The van der Waals surface area contributed by atoms with Crippen molar-refractivity contribution in [2.75, 3.05) is 13.1 Å². The van der Waals surface area contributed by atoms with Gasteiger partial charge in [-0.3, -0.25) is 9.59 Å². The van der Waals surface area contributed by atoms with Gasteiger partial charge in [-0.1, -0.05) is 60.7 Å². The molecule has 6 N–H and O–H groups in total. The van der Waals surface area contributed by atoms with Crippen molar-refractivity contribution in [1.82, 2.24) is 15.4 Å². The summed E-state index contributed by atoms with van der Waals surface area (Å²) in [7, 11) is -3.99. The summed E-state index contributed by atoms with van der Waals surface area (Å²) < 4.78 is 28.0. The summed E-state index contributed by atoms with van der Waals surface area (Å²) in [4.78, 5) is 26.2. The standard InChI is InChI=1S/C26H32N4O5S/c1-26(2,30-36(34,35)22-10-4-3-5-11-22)25(33)29-23(24(32)28-17-21(31)16-27)15-18-12-13-19-8-6-7-9-20(19)14-18/h3-14,21,23,30-31H,15-17,27H2,1-2H3,(H,28,32)(H,29,33). The Morgan fingerprint density at radius 2 is 1.61 bits per heavy atom. The number of sulfonamides is 1. The van der Waals surface area contributed by atoms with E-state index in [4.69, 9.17) is 5.73 Å². The maximum Gasteiger partial charge on any atom is 0.243 e. The van der Waals surface area contributed by atoms with Crippen LogP contribution < -0.4 is 21.1 Å². The monoisotopic (exact) mass is 512 g/mol. The molecule has 3 aromatic rings. The Morgan fingerprint density at radius 3 is 2.28 bits per heavy atom. The van der Waals surface area contributed by atoms with Gasteiger partial charge in [0.2, 0.25) is 21.8 Å². The van der Waals surface area contributed by atoms with Crippen molar-refractivity contribution >= 4 is 32.6 Å². The number of rotatable bonds is 11. The summed E-state index contributed by atoms with van der Waals surface area (Å²) in [5, 5.41) is 17.0. The van der Waals surface area contributed by atoms with Gasteiger partial charge in [-0.15, -0.1) is 0 Å². The van der Waals surface area contributed by atoms with Gasteiger partial charge >= 0.3 is 0 Å². The number of fused-ring (bicyclic) bond motifs is 1. The highest BCUT2D eigenvalue weighted by Gasteiger charge is 2.35. The molecule has 0 aromatic heterocycles. The zero-order valence-electron chi connectivity index (χ0n) is 20.3. The molecule has 9 nitrogen and oxygen atoms in total. The van der Waals surface area contributed by atoms with Gasteiger partial charge in [-0.05, 0) is 42.3 Å². The molecular weight excluding hydrogens is 480 g/mol. The molecule has 0 aliphatic heterocycles. The number of hydrogen-bond donors (Lipinski definition) is 5. The van der Waals surface area contributed by atoms with Crippen LogP contribution >= 0.6 is 0 Å². The summed E-state index contributed by atoms with van der Waals surface area (Å²) >= 11 is 0. The molecule has 0 saturated carbocycles. The molecule has 0 fully saturated rings. The summed E-state index contributed by atoms with van der Waals surface area (Å²) in [6.45, 7) is 2.73. The molecule has 0 aliphatic carbocycles. The van der Waals surface area contributed by atoms with E-state index >= 15 is 0 Å². The molecule has 0 heterocycles. The second-order valence-corrected chi connectivity index (χ2v) is 10.8. The molecule has 3 aromatic carbocycles. The number of nitrogens with two attached hydrogens (primary N) is 1. The largest absolute Gasteiger partial charge is 0.390 e. The van der Waals surface area contributed by atoms with Crippen LogP contribution in [0.3, 0.4) is 0 Å². The van der Waals surface area contributed by atoms with Crippen molar-refractivity contribution in [3.8, 4) is 0 Å². The second kappa shape index (κ2) is 11.6. The molecular formula is C26H32N4O5S. The zero-order valence-corrected chi connectivity index (χ0v) is 21.1. The Bertz CT molecular complexity index is 1310. The fraction of sp³-hybridized carbons (Fsp3) is 0.308. The van der Waals surface area contributed by atoms with E-state index in [9.17, 15) is 23.1 Å². The quantitative estimate of drug-likeness (QED) is 0.259. The number of benzene rings is 3. The maximum absolute atomic E-state index is 13.2. The van der Waals surface area contributed by atoms with E-state index in [1.54, 1.807) is 18.2 Å². The molecule has 2 unspecified atom stereocenters.